The number of nitrogens with two attached hydrogens (primary N) is 1. The number of hydrogen-bond acceptors (Lipinski definition) is 5. The number of benzene rings is 1. The van der Waals surface area contributed by atoms with Gasteiger partial charge in [-0.2, -0.15) is 0 Å². The van der Waals surface area contributed by atoms with Gasteiger partial charge in [0, 0.05) is 18.7 Å². The Balaban J connectivity index is 1.56. The van der Waals surface area contributed by atoms with Gasteiger partial charge in [-0.25, -0.2) is 9.18 Å². The van der Waals surface area contributed by atoms with Gasteiger partial charge >= 0.3 is 6.09 Å². The molecule has 0 saturated carbocycles. The van der Waals surface area contributed by atoms with E-state index >= 15 is 0 Å². The Kier molecular flexibility index (Phi) is 5.37. The molecule has 3 rings (SSSR count). The van der Waals surface area contributed by atoms with Crippen LogP contribution in [0.1, 0.15) is 18.4 Å². The zero-order valence-corrected chi connectivity index (χ0v) is 14.1. The van der Waals surface area contributed by atoms with E-state index in [-0.39, 0.29) is 12.4 Å². The first-order chi connectivity index (χ1) is 12.0. The van der Waals surface area contributed by atoms with Gasteiger partial charge in [0.25, 0.3) is 0 Å². The van der Waals surface area contributed by atoms with Gasteiger partial charge in [0.1, 0.15) is 6.61 Å². The van der Waals surface area contributed by atoms with E-state index in [4.69, 9.17) is 15.9 Å². The summed E-state index contributed by atoms with van der Waals surface area (Å²) in [6.07, 6.45) is 1.52. The number of guanidine groups is 1. The predicted octanol–water partition coefficient (Wildman–Crippen LogP) is 1.38. The molecule has 0 atom stereocenters. The molecule has 0 aliphatic carbocycles. The second kappa shape index (κ2) is 7.69. The average molecular weight is 349 g/mol. The van der Waals surface area contributed by atoms with Gasteiger partial charge in [0.15, 0.2) is 11.8 Å². The van der Waals surface area contributed by atoms with E-state index in [1.807, 2.05) is 10.2 Å². The molecule has 1 aromatic rings. The van der Waals surface area contributed by atoms with Gasteiger partial charge in [-0.15, -0.1) is 0 Å². The first-order valence-electron chi connectivity index (χ1n) is 8.55. The summed E-state index contributed by atoms with van der Waals surface area (Å²) in [4.78, 5) is 13.4. The van der Waals surface area contributed by atoms with E-state index in [1.54, 1.807) is 18.2 Å². The molecule has 0 bridgehead atoms. The molecule has 5 N–H and O–H groups in total. The van der Waals surface area contributed by atoms with Crippen molar-refractivity contribution in [2.75, 3.05) is 31.1 Å². The number of carbonyl (C=O) groups is 1. The van der Waals surface area contributed by atoms with Crippen LogP contribution < -0.4 is 21.3 Å². The topological polar surface area (TPSA) is 103 Å². The highest BCUT2D eigenvalue weighted by Gasteiger charge is 2.35. The summed E-state index contributed by atoms with van der Waals surface area (Å²) in [7, 11) is 0. The third-order valence-corrected chi connectivity index (χ3v) is 4.95. The molecular formula is C17H24FN5O2. The van der Waals surface area contributed by atoms with Crippen molar-refractivity contribution in [3.63, 3.8) is 0 Å². The summed E-state index contributed by atoms with van der Waals surface area (Å²) in [5.41, 5.74) is 5.90. The molecule has 8 heteroatoms. The van der Waals surface area contributed by atoms with Crippen molar-refractivity contribution in [1.82, 2.24) is 10.6 Å². The van der Waals surface area contributed by atoms with Gasteiger partial charge in [0.2, 0.25) is 0 Å². The van der Waals surface area contributed by atoms with Crippen molar-refractivity contribution in [3.05, 3.63) is 29.6 Å². The van der Waals surface area contributed by atoms with Crippen LogP contribution in [0.2, 0.25) is 0 Å². The molecule has 1 aromatic carbocycles. The Bertz CT molecular complexity index is 642. The van der Waals surface area contributed by atoms with Gasteiger partial charge in [0.05, 0.1) is 5.69 Å². The molecule has 0 spiro atoms. The van der Waals surface area contributed by atoms with E-state index in [0.29, 0.717) is 17.2 Å². The van der Waals surface area contributed by atoms with Crippen LogP contribution in [0.15, 0.2) is 18.2 Å². The van der Waals surface area contributed by atoms with Crippen LogP contribution in [0, 0.1) is 23.1 Å². The number of anilines is 1. The Hall–Kier alpha value is -2.35. The van der Waals surface area contributed by atoms with Gasteiger partial charge in [-0.05, 0) is 43.8 Å². The third-order valence-electron chi connectivity index (χ3n) is 4.95. The molecule has 2 saturated heterocycles. The largest absolute Gasteiger partial charge is 0.444 e. The van der Waals surface area contributed by atoms with Crippen molar-refractivity contribution in [1.29, 1.82) is 5.41 Å². The van der Waals surface area contributed by atoms with Gasteiger partial charge in [-0.3, -0.25) is 10.7 Å². The number of halogens is 1. The second-order valence-electron chi connectivity index (χ2n) is 6.62. The Labute approximate surface area is 146 Å². The molecule has 0 radical (unpaired) electrons. The van der Waals surface area contributed by atoms with Crippen molar-refractivity contribution < 1.29 is 13.9 Å². The summed E-state index contributed by atoms with van der Waals surface area (Å²) in [6, 6.07) is 5.11. The third kappa shape index (κ3) is 4.19. The van der Waals surface area contributed by atoms with Crippen LogP contribution >= 0.6 is 0 Å². The van der Waals surface area contributed by atoms with Crippen LogP contribution in [0.4, 0.5) is 14.9 Å². The van der Waals surface area contributed by atoms with Crippen LogP contribution in [0.25, 0.3) is 0 Å². The first-order valence-corrected chi connectivity index (χ1v) is 8.55. The number of amides is 1. The maximum Gasteiger partial charge on any atom is 0.414 e. The van der Waals surface area contributed by atoms with Crippen LogP contribution in [-0.2, 0) is 11.3 Å². The number of nitrogens with zero attached hydrogens (tertiary/aromatic N) is 1. The average Bonchev–Trinajstić information content (AvgIpc) is 2.54. The van der Waals surface area contributed by atoms with E-state index in [9.17, 15) is 9.18 Å². The fraction of sp³-hybridized carbons (Fsp3) is 0.529. The van der Waals surface area contributed by atoms with Crippen molar-refractivity contribution >= 4 is 17.7 Å². The number of hydrogen-bond donors (Lipinski definition) is 4. The lowest BCUT2D eigenvalue weighted by molar-refractivity contribution is 0.143. The summed E-state index contributed by atoms with van der Waals surface area (Å²) in [5.74, 6) is 0.482. The molecule has 1 amide bonds. The molecule has 2 aliphatic rings. The first kappa shape index (κ1) is 17.5. The normalized spacial score (nSPS) is 18.5. The molecule has 0 aromatic heterocycles. The van der Waals surface area contributed by atoms with Crippen LogP contribution in [0.3, 0.4) is 0 Å². The minimum atomic E-state index is -0.868. The van der Waals surface area contributed by atoms with E-state index in [1.165, 1.54) is 12.8 Å². The molecule has 25 heavy (non-hydrogen) atoms. The molecule has 2 aliphatic heterocycles. The Morgan fingerprint density at radius 1 is 1.36 bits per heavy atom. The number of carbonyl (C=O) groups excluding carboxylic acids is 1. The minimum Gasteiger partial charge on any atom is -0.444 e. The lowest BCUT2D eigenvalue weighted by Gasteiger charge is -2.46. The van der Waals surface area contributed by atoms with Gasteiger partial charge in [-0.1, -0.05) is 12.1 Å². The number of rotatable bonds is 4. The Morgan fingerprint density at radius 2 is 2.08 bits per heavy atom. The lowest BCUT2D eigenvalue weighted by atomic mass is 9.80. The number of nitrogens with one attached hydrogen (secondary N) is 3. The zero-order chi connectivity index (χ0) is 17.8. The highest BCUT2D eigenvalue weighted by molar-refractivity contribution is 5.90. The zero-order valence-electron chi connectivity index (χ0n) is 14.1. The smallest absolute Gasteiger partial charge is 0.414 e. The van der Waals surface area contributed by atoms with Crippen molar-refractivity contribution in [3.8, 4) is 0 Å². The minimum absolute atomic E-state index is 0.204. The lowest BCUT2D eigenvalue weighted by Crippen LogP contribution is -2.52. The van der Waals surface area contributed by atoms with Crippen molar-refractivity contribution in [2.45, 2.75) is 19.4 Å². The standard InChI is InChI=1S/C17H24FN5O2/c18-15-12(10-25-17(24)22-16(19)20)2-1-3-14(15)23-8-13(9-23)11-4-6-21-7-5-11/h1-3,11,13,21H,4-10H2,(H4,19,20,22,24). The summed E-state index contributed by atoms with van der Waals surface area (Å²) in [6.45, 7) is 3.69. The highest BCUT2D eigenvalue weighted by atomic mass is 19.1. The van der Waals surface area contributed by atoms with E-state index in [2.05, 4.69) is 5.32 Å². The second-order valence-corrected chi connectivity index (χ2v) is 6.62. The Morgan fingerprint density at radius 3 is 2.76 bits per heavy atom. The predicted molar refractivity (Wildman–Crippen MR) is 92.9 cm³/mol. The number of alkyl carbamates (subject to hydrolysis) is 1. The van der Waals surface area contributed by atoms with E-state index in [0.717, 1.165) is 32.1 Å². The number of ether oxygens (including phenoxy) is 1. The van der Waals surface area contributed by atoms with Crippen LogP contribution in [-0.4, -0.2) is 38.2 Å². The number of piperidine rings is 1. The molecule has 7 nitrogen and oxygen atoms in total. The van der Waals surface area contributed by atoms with Crippen LogP contribution in [0.5, 0.6) is 0 Å². The maximum atomic E-state index is 14.7. The molecule has 136 valence electrons. The van der Waals surface area contributed by atoms with Gasteiger partial charge < -0.3 is 20.7 Å². The van der Waals surface area contributed by atoms with Crippen molar-refractivity contribution in [2.24, 2.45) is 17.6 Å². The monoisotopic (exact) mass is 349 g/mol. The summed E-state index contributed by atoms with van der Waals surface area (Å²) < 4.78 is 19.6. The summed E-state index contributed by atoms with van der Waals surface area (Å²) in [5, 5.41) is 12.3. The summed E-state index contributed by atoms with van der Waals surface area (Å²) >= 11 is 0. The molecular weight excluding hydrogens is 325 g/mol. The SMILES string of the molecule is N=C(N)NC(=O)OCc1cccc(N2CC(C3CCNCC3)C2)c1F. The molecule has 0 unspecified atom stereocenters. The van der Waals surface area contributed by atoms with E-state index < -0.39 is 12.1 Å². The maximum absolute atomic E-state index is 14.7. The quantitative estimate of drug-likeness (QED) is 0.486. The molecule has 2 heterocycles. The fourth-order valence-corrected chi connectivity index (χ4v) is 3.53. The molecule has 2 fully saturated rings. The fourth-order valence-electron chi connectivity index (χ4n) is 3.53. The highest BCUT2D eigenvalue weighted by Crippen LogP contribution is 2.35.